The minimum atomic E-state index is -0.454. The summed E-state index contributed by atoms with van der Waals surface area (Å²) in [7, 11) is 0. The number of anilines is 1. The van der Waals surface area contributed by atoms with E-state index in [-0.39, 0.29) is 11.5 Å². The van der Waals surface area contributed by atoms with Crippen LogP contribution in [0.2, 0.25) is 0 Å². The van der Waals surface area contributed by atoms with Gasteiger partial charge in [-0.15, -0.1) is 11.3 Å². The van der Waals surface area contributed by atoms with Crippen molar-refractivity contribution >= 4 is 22.4 Å². The van der Waals surface area contributed by atoms with Crippen LogP contribution in [0.3, 0.4) is 0 Å². The molecule has 0 unspecified atom stereocenters. The number of benzene rings is 1. The summed E-state index contributed by atoms with van der Waals surface area (Å²) < 4.78 is 15.2. The number of halogens is 1. The van der Waals surface area contributed by atoms with Crippen molar-refractivity contribution in [2.45, 2.75) is 0 Å². The van der Waals surface area contributed by atoms with Gasteiger partial charge in [0.25, 0.3) is 5.91 Å². The molecule has 6 heteroatoms. The molecule has 3 rings (SSSR count). The molecule has 0 saturated carbocycles. The molecule has 0 bridgehead atoms. The van der Waals surface area contributed by atoms with Gasteiger partial charge in [0.1, 0.15) is 5.82 Å². The van der Waals surface area contributed by atoms with Crippen molar-refractivity contribution in [1.82, 2.24) is 9.55 Å². The predicted molar refractivity (Wildman–Crippen MR) is 75.8 cm³/mol. The summed E-state index contributed by atoms with van der Waals surface area (Å²) in [6.45, 7) is 0. The van der Waals surface area contributed by atoms with Gasteiger partial charge in [0.05, 0.1) is 11.3 Å². The molecule has 0 aliphatic carbocycles. The SMILES string of the molecule is O=C(Nc1nccs1)c1cc(F)ccc1-n1cccc1. The van der Waals surface area contributed by atoms with Gasteiger partial charge in [-0.1, -0.05) is 0 Å². The molecule has 0 atom stereocenters. The molecule has 0 aliphatic rings. The quantitative estimate of drug-likeness (QED) is 0.803. The van der Waals surface area contributed by atoms with E-state index in [0.29, 0.717) is 10.8 Å². The van der Waals surface area contributed by atoms with Gasteiger partial charge in [-0.3, -0.25) is 10.1 Å². The number of aromatic nitrogens is 2. The van der Waals surface area contributed by atoms with E-state index in [0.717, 1.165) is 0 Å². The lowest BCUT2D eigenvalue weighted by Crippen LogP contribution is -2.15. The highest BCUT2D eigenvalue weighted by atomic mass is 32.1. The number of hydrogen-bond acceptors (Lipinski definition) is 3. The second-order valence-electron chi connectivity index (χ2n) is 4.04. The van der Waals surface area contributed by atoms with Crippen LogP contribution < -0.4 is 5.32 Å². The lowest BCUT2D eigenvalue weighted by molar-refractivity contribution is 0.102. The number of nitrogens with one attached hydrogen (secondary N) is 1. The van der Waals surface area contributed by atoms with Crippen molar-refractivity contribution in [2.75, 3.05) is 5.32 Å². The Balaban J connectivity index is 1.99. The number of carbonyl (C=O) groups is 1. The monoisotopic (exact) mass is 287 g/mol. The van der Waals surface area contributed by atoms with Crippen LogP contribution in [0.4, 0.5) is 9.52 Å². The first-order valence-corrected chi connectivity index (χ1v) is 6.76. The van der Waals surface area contributed by atoms with E-state index in [2.05, 4.69) is 10.3 Å². The first kappa shape index (κ1) is 12.6. The molecule has 3 aromatic rings. The van der Waals surface area contributed by atoms with E-state index in [1.807, 2.05) is 12.1 Å². The second-order valence-corrected chi connectivity index (χ2v) is 4.94. The Morgan fingerprint density at radius 1 is 1.30 bits per heavy atom. The molecule has 1 N–H and O–H groups in total. The molecule has 1 aromatic carbocycles. The van der Waals surface area contributed by atoms with Crippen LogP contribution in [0.25, 0.3) is 5.69 Å². The number of rotatable bonds is 3. The molecule has 20 heavy (non-hydrogen) atoms. The summed E-state index contributed by atoms with van der Waals surface area (Å²) in [5.74, 6) is -0.839. The molecule has 4 nitrogen and oxygen atoms in total. The zero-order valence-electron chi connectivity index (χ0n) is 10.3. The lowest BCUT2D eigenvalue weighted by atomic mass is 10.1. The molecule has 100 valence electrons. The van der Waals surface area contributed by atoms with Gasteiger partial charge in [0.15, 0.2) is 5.13 Å². The van der Waals surface area contributed by atoms with Gasteiger partial charge in [-0.25, -0.2) is 9.37 Å². The highest BCUT2D eigenvalue weighted by molar-refractivity contribution is 7.13. The fourth-order valence-corrected chi connectivity index (χ4v) is 2.38. The molecular weight excluding hydrogens is 277 g/mol. The van der Waals surface area contributed by atoms with Crippen molar-refractivity contribution in [1.29, 1.82) is 0 Å². The maximum Gasteiger partial charge on any atom is 0.259 e. The van der Waals surface area contributed by atoms with E-state index in [9.17, 15) is 9.18 Å². The van der Waals surface area contributed by atoms with Crippen LogP contribution in [0, 0.1) is 5.82 Å². The maximum atomic E-state index is 13.4. The summed E-state index contributed by atoms with van der Waals surface area (Å²) in [6.07, 6.45) is 5.19. The molecule has 0 spiro atoms. The van der Waals surface area contributed by atoms with E-state index < -0.39 is 5.82 Å². The highest BCUT2D eigenvalue weighted by Crippen LogP contribution is 2.19. The normalized spacial score (nSPS) is 10.4. The van der Waals surface area contributed by atoms with Crippen molar-refractivity contribution in [3.8, 4) is 5.69 Å². The average molecular weight is 287 g/mol. The summed E-state index contributed by atoms with van der Waals surface area (Å²) in [6, 6.07) is 7.80. The Morgan fingerprint density at radius 3 is 2.80 bits per heavy atom. The van der Waals surface area contributed by atoms with Crippen LogP contribution in [-0.2, 0) is 0 Å². The molecule has 1 amide bonds. The number of nitrogens with zero attached hydrogens (tertiary/aromatic N) is 2. The van der Waals surface area contributed by atoms with Crippen molar-refractivity contribution in [2.24, 2.45) is 0 Å². The topological polar surface area (TPSA) is 46.9 Å². The molecule has 0 saturated heterocycles. The number of carbonyl (C=O) groups excluding carboxylic acids is 1. The zero-order chi connectivity index (χ0) is 13.9. The summed E-state index contributed by atoms with van der Waals surface area (Å²) >= 11 is 1.31. The molecule has 2 heterocycles. The largest absolute Gasteiger partial charge is 0.323 e. The van der Waals surface area contributed by atoms with Crippen molar-refractivity contribution < 1.29 is 9.18 Å². The van der Waals surface area contributed by atoms with E-state index in [4.69, 9.17) is 0 Å². The van der Waals surface area contributed by atoms with Crippen molar-refractivity contribution in [3.05, 3.63) is 65.7 Å². The third-order valence-electron chi connectivity index (χ3n) is 2.74. The molecule has 0 radical (unpaired) electrons. The van der Waals surface area contributed by atoms with Crippen LogP contribution in [0.15, 0.2) is 54.3 Å². The van der Waals surface area contributed by atoms with Gasteiger partial charge < -0.3 is 4.57 Å². The van der Waals surface area contributed by atoms with Crippen LogP contribution >= 0.6 is 11.3 Å². The number of amides is 1. The van der Waals surface area contributed by atoms with Gasteiger partial charge >= 0.3 is 0 Å². The van der Waals surface area contributed by atoms with Gasteiger partial charge in [0, 0.05) is 24.0 Å². The van der Waals surface area contributed by atoms with Crippen LogP contribution in [0.1, 0.15) is 10.4 Å². The van der Waals surface area contributed by atoms with Gasteiger partial charge in [-0.05, 0) is 30.3 Å². The molecule has 2 aromatic heterocycles. The summed E-state index contributed by atoms with van der Waals surface area (Å²) in [5.41, 5.74) is 0.877. The fourth-order valence-electron chi connectivity index (χ4n) is 1.86. The highest BCUT2D eigenvalue weighted by Gasteiger charge is 2.14. The Kier molecular flexibility index (Phi) is 3.30. The third kappa shape index (κ3) is 2.46. The van der Waals surface area contributed by atoms with E-state index in [1.54, 1.807) is 34.6 Å². The fraction of sp³-hybridized carbons (Fsp3) is 0. The minimum absolute atomic E-state index is 0.261. The Hall–Kier alpha value is -2.47. The molecular formula is C14H10FN3OS. The third-order valence-corrected chi connectivity index (χ3v) is 3.43. The predicted octanol–water partition coefficient (Wildman–Crippen LogP) is 3.33. The minimum Gasteiger partial charge on any atom is -0.323 e. The summed E-state index contributed by atoms with van der Waals surface area (Å²) in [5, 5.41) is 4.90. The van der Waals surface area contributed by atoms with Gasteiger partial charge in [-0.2, -0.15) is 0 Å². The van der Waals surface area contributed by atoms with E-state index >= 15 is 0 Å². The van der Waals surface area contributed by atoms with E-state index in [1.165, 1.54) is 23.5 Å². The standard InChI is InChI=1S/C14H10FN3OS/c15-10-3-4-12(18-6-1-2-7-18)11(9-10)13(19)17-14-16-5-8-20-14/h1-9H,(H,16,17,19). The van der Waals surface area contributed by atoms with Crippen LogP contribution in [-0.4, -0.2) is 15.5 Å². The lowest BCUT2D eigenvalue weighted by Gasteiger charge is -2.10. The average Bonchev–Trinajstić information content (AvgIpc) is 3.11. The Labute approximate surface area is 118 Å². The molecule has 0 fully saturated rings. The second kappa shape index (κ2) is 5.26. The smallest absolute Gasteiger partial charge is 0.259 e. The molecule has 0 aliphatic heterocycles. The van der Waals surface area contributed by atoms with Crippen LogP contribution in [0.5, 0.6) is 0 Å². The zero-order valence-corrected chi connectivity index (χ0v) is 11.1. The maximum absolute atomic E-state index is 13.4. The number of thiazole rings is 1. The van der Waals surface area contributed by atoms with Crippen molar-refractivity contribution in [3.63, 3.8) is 0 Å². The van der Waals surface area contributed by atoms with Gasteiger partial charge in [0.2, 0.25) is 0 Å². The Morgan fingerprint density at radius 2 is 2.10 bits per heavy atom. The first-order chi connectivity index (χ1) is 9.74. The summed E-state index contributed by atoms with van der Waals surface area (Å²) in [4.78, 5) is 16.2. The first-order valence-electron chi connectivity index (χ1n) is 5.88. The Bertz CT molecular complexity index is 723. The number of hydrogen-bond donors (Lipinski definition) is 1.